The molecule has 0 fully saturated rings. The van der Waals surface area contributed by atoms with E-state index >= 15 is 0 Å². The first-order valence-electron chi connectivity index (χ1n) is 7.25. The average Bonchev–Trinajstić information content (AvgIpc) is 3.24. The smallest absolute Gasteiger partial charge is 0.297 e. The molecule has 0 aliphatic heterocycles. The molecule has 130 valence electrons. The highest BCUT2D eigenvalue weighted by Crippen LogP contribution is 2.33. The van der Waals surface area contributed by atoms with E-state index < -0.39 is 22.7 Å². The molecule has 2 heterocycles. The Balaban J connectivity index is 1.77. The molecule has 1 aromatic carbocycles. The third-order valence-electron chi connectivity index (χ3n) is 3.42. The summed E-state index contributed by atoms with van der Waals surface area (Å²) >= 11 is 1.80. The number of alkyl halides is 3. The Labute approximate surface area is 149 Å². The molecule has 1 N–H and O–H groups in total. The number of carbonyl (C=O) groups excluding carboxylic acids is 1. The van der Waals surface area contributed by atoms with E-state index in [0.29, 0.717) is 17.0 Å². The van der Waals surface area contributed by atoms with E-state index in [2.05, 4.69) is 22.2 Å². The number of nitrogens with zero attached hydrogens (tertiary/aromatic N) is 2. The number of carbonyl (C=O) groups is 1. The second-order valence-electron chi connectivity index (χ2n) is 5.07. The molecule has 0 saturated carbocycles. The second-order valence-corrected chi connectivity index (χ2v) is 6.78. The molecule has 0 radical (unpaired) electrons. The molecule has 0 atom stereocenters. The van der Waals surface area contributed by atoms with E-state index in [0.717, 1.165) is 28.8 Å². The first-order chi connectivity index (χ1) is 11.9. The Hall–Kier alpha value is -2.26. The summed E-state index contributed by atoms with van der Waals surface area (Å²) in [6.07, 6.45) is -3.74. The summed E-state index contributed by atoms with van der Waals surface area (Å²) in [7, 11) is 0. The van der Waals surface area contributed by atoms with Crippen LogP contribution in [-0.4, -0.2) is 15.9 Å². The van der Waals surface area contributed by atoms with Gasteiger partial charge in [0.2, 0.25) is 0 Å². The zero-order chi connectivity index (χ0) is 18.0. The van der Waals surface area contributed by atoms with Crippen molar-refractivity contribution in [1.29, 1.82) is 0 Å². The van der Waals surface area contributed by atoms with Gasteiger partial charge in [-0.15, -0.1) is 22.7 Å². The van der Waals surface area contributed by atoms with Crippen LogP contribution in [0.1, 0.15) is 27.9 Å². The topological polar surface area (TPSA) is 54.9 Å². The minimum Gasteiger partial charge on any atom is -0.297 e. The van der Waals surface area contributed by atoms with Crippen molar-refractivity contribution in [3.63, 3.8) is 0 Å². The van der Waals surface area contributed by atoms with Gasteiger partial charge in [-0.05, 0) is 12.0 Å². The van der Waals surface area contributed by atoms with Crippen LogP contribution in [0.5, 0.6) is 0 Å². The van der Waals surface area contributed by atoms with Gasteiger partial charge < -0.3 is 0 Å². The second kappa shape index (κ2) is 6.93. The SMILES string of the molecule is CCc1ccc(-c2csc(NC(=O)c3scnc3C(F)(F)F)n2)cc1. The molecule has 1 amide bonds. The Bertz CT molecular complexity index is 885. The maximum Gasteiger partial charge on any atom is 0.434 e. The molecular formula is C16H12F3N3OS2. The van der Waals surface area contributed by atoms with E-state index in [-0.39, 0.29) is 5.13 Å². The van der Waals surface area contributed by atoms with E-state index in [1.165, 1.54) is 5.56 Å². The number of hydrogen-bond acceptors (Lipinski definition) is 5. The molecule has 3 rings (SSSR count). The van der Waals surface area contributed by atoms with Gasteiger partial charge in [0.15, 0.2) is 10.8 Å². The van der Waals surface area contributed by atoms with Crippen molar-refractivity contribution in [1.82, 2.24) is 9.97 Å². The third kappa shape index (κ3) is 3.88. The van der Waals surface area contributed by atoms with Gasteiger partial charge in [-0.25, -0.2) is 9.97 Å². The number of aryl methyl sites for hydroxylation is 1. The number of amides is 1. The maximum atomic E-state index is 12.8. The maximum absolute atomic E-state index is 12.8. The van der Waals surface area contributed by atoms with Crippen LogP contribution in [-0.2, 0) is 12.6 Å². The lowest BCUT2D eigenvalue weighted by atomic mass is 10.1. The summed E-state index contributed by atoms with van der Waals surface area (Å²) in [6.45, 7) is 2.06. The van der Waals surface area contributed by atoms with E-state index in [4.69, 9.17) is 0 Å². The highest BCUT2D eigenvalue weighted by atomic mass is 32.1. The predicted molar refractivity (Wildman–Crippen MR) is 92.0 cm³/mol. The summed E-state index contributed by atoms with van der Waals surface area (Å²) < 4.78 is 38.5. The number of thiazole rings is 2. The van der Waals surface area contributed by atoms with Crippen LogP contribution >= 0.6 is 22.7 Å². The lowest BCUT2D eigenvalue weighted by Gasteiger charge is -2.05. The highest BCUT2D eigenvalue weighted by Gasteiger charge is 2.38. The summed E-state index contributed by atoms with van der Waals surface area (Å²) in [5.74, 6) is -0.864. The molecule has 0 unspecified atom stereocenters. The van der Waals surface area contributed by atoms with Crippen LogP contribution < -0.4 is 5.32 Å². The highest BCUT2D eigenvalue weighted by molar-refractivity contribution is 7.14. The molecule has 9 heteroatoms. The van der Waals surface area contributed by atoms with Crippen molar-refractivity contribution in [2.45, 2.75) is 19.5 Å². The molecule has 3 aromatic rings. The van der Waals surface area contributed by atoms with Gasteiger partial charge in [-0.1, -0.05) is 31.2 Å². The van der Waals surface area contributed by atoms with Crippen LogP contribution in [0.3, 0.4) is 0 Å². The largest absolute Gasteiger partial charge is 0.434 e. The fourth-order valence-electron chi connectivity index (χ4n) is 2.14. The number of nitrogens with one attached hydrogen (secondary N) is 1. The standard InChI is InChI=1S/C16H12F3N3OS2/c1-2-9-3-5-10(6-4-9)11-7-24-15(21-11)22-14(23)12-13(16(17,18)19)20-8-25-12/h3-8H,2H2,1H3,(H,21,22,23). The fourth-order valence-corrected chi connectivity index (χ4v) is 3.55. The van der Waals surface area contributed by atoms with Crippen molar-refractivity contribution in [2.24, 2.45) is 0 Å². The molecule has 0 aliphatic rings. The summed E-state index contributed by atoms with van der Waals surface area (Å²) in [5, 5.41) is 4.39. The number of anilines is 1. The van der Waals surface area contributed by atoms with Gasteiger partial charge >= 0.3 is 6.18 Å². The quantitative estimate of drug-likeness (QED) is 0.682. The molecule has 0 spiro atoms. The Morgan fingerprint density at radius 1 is 1.20 bits per heavy atom. The molecule has 4 nitrogen and oxygen atoms in total. The molecule has 0 aliphatic carbocycles. The fraction of sp³-hybridized carbons (Fsp3) is 0.188. The third-order valence-corrected chi connectivity index (χ3v) is 5.01. The van der Waals surface area contributed by atoms with Crippen molar-refractivity contribution in [3.05, 3.63) is 51.3 Å². The van der Waals surface area contributed by atoms with Gasteiger partial charge in [0, 0.05) is 10.9 Å². The van der Waals surface area contributed by atoms with Gasteiger partial charge in [0.1, 0.15) is 4.88 Å². The molecule has 0 bridgehead atoms. The summed E-state index contributed by atoms with van der Waals surface area (Å²) in [6, 6.07) is 7.81. The number of halogens is 3. The monoisotopic (exact) mass is 383 g/mol. The Kier molecular flexibility index (Phi) is 4.87. The van der Waals surface area contributed by atoms with Crippen LogP contribution in [0.4, 0.5) is 18.3 Å². The summed E-state index contributed by atoms with van der Waals surface area (Å²) in [4.78, 5) is 19.1. The minimum atomic E-state index is -4.66. The van der Waals surface area contributed by atoms with Crippen molar-refractivity contribution in [3.8, 4) is 11.3 Å². The molecule has 25 heavy (non-hydrogen) atoms. The van der Waals surface area contributed by atoms with Crippen LogP contribution in [0.2, 0.25) is 0 Å². The summed E-state index contributed by atoms with van der Waals surface area (Å²) in [5.41, 5.74) is 2.55. The van der Waals surface area contributed by atoms with Crippen LogP contribution in [0.15, 0.2) is 35.2 Å². The lowest BCUT2D eigenvalue weighted by molar-refractivity contribution is -0.141. The zero-order valence-electron chi connectivity index (χ0n) is 12.9. The van der Waals surface area contributed by atoms with Crippen LogP contribution in [0, 0.1) is 0 Å². The molecular weight excluding hydrogens is 371 g/mol. The Morgan fingerprint density at radius 3 is 2.56 bits per heavy atom. The Morgan fingerprint density at radius 2 is 1.92 bits per heavy atom. The van der Waals surface area contributed by atoms with E-state index in [1.54, 1.807) is 5.38 Å². The van der Waals surface area contributed by atoms with Gasteiger partial charge in [-0.3, -0.25) is 10.1 Å². The first kappa shape index (κ1) is 17.6. The number of benzene rings is 1. The number of hydrogen-bond donors (Lipinski definition) is 1. The van der Waals surface area contributed by atoms with Crippen molar-refractivity contribution in [2.75, 3.05) is 5.32 Å². The average molecular weight is 383 g/mol. The molecule has 2 aromatic heterocycles. The lowest BCUT2D eigenvalue weighted by Crippen LogP contribution is -2.17. The van der Waals surface area contributed by atoms with Crippen LogP contribution in [0.25, 0.3) is 11.3 Å². The van der Waals surface area contributed by atoms with Crippen molar-refractivity contribution < 1.29 is 18.0 Å². The number of aromatic nitrogens is 2. The zero-order valence-corrected chi connectivity index (χ0v) is 14.6. The van der Waals surface area contributed by atoms with Crippen molar-refractivity contribution >= 4 is 33.7 Å². The number of rotatable bonds is 4. The van der Waals surface area contributed by atoms with Gasteiger partial charge in [-0.2, -0.15) is 13.2 Å². The molecule has 0 saturated heterocycles. The first-order valence-corrected chi connectivity index (χ1v) is 9.01. The normalized spacial score (nSPS) is 11.5. The van der Waals surface area contributed by atoms with Gasteiger partial charge in [0.25, 0.3) is 5.91 Å². The minimum absolute atomic E-state index is 0.237. The van der Waals surface area contributed by atoms with Gasteiger partial charge in [0.05, 0.1) is 11.2 Å². The van der Waals surface area contributed by atoms with E-state index in [9.17, 15) is 18.0 Å². The van der Waals surface area contributed by atoms with E-state index in [1.807, 2.05) is 24.3 Å². The predicted octanol–water partition coefficient (Wildman–Crippen LogP) is 5.10.